The Morgan fingerprint density at radius 2 is 2.07 bits per heavy atom. The van der Waals surface area contributed by atoms with Crippen molar-refractivity contribution in [1.82, 2.24) is 14.8 Å². The average molecular weight is 200 g/mol. The van der Waals surface area contributed by atoms with Crippen LogP contribution in [0.15, 0.2) is 43.0 Å². The van der Waals surface area contributed by atoms with Crippen LogP contribution in [0.25, 0.3) is 11.8 Å². The van der Waals surface area contributed by atoms with Gasteiger partial charge in [0.25, 0.3) is 0 Å². The van der Waals surface area contributed by atoms with Crippen molar-refractivity contribution in [2.45, 2.75) is 0 Å². The fourth-order valence-corrected chi connectivity index (χ4v) is 1.28. The molecule has 0 aliphatic carbocycles. The molecule has 4 nitrogen and oxygen atoms in total. The van der Waals surface area contributed by atoms with Gasteiger partial charge in [0.1, 0.15) is 12.7 Å². The Bertz CT molecular complexity index is 428. The molecule has 0 unspecified atom stereocenters. The van der Waals surface area contributed by atoms with Crippen LogP contribution < -0.4 is 5.73 Å². The third kappa shape index (κ3) is 2.30. The predicted octanol–water partition coefficient (Wildman–Crippen LogP) is 1.24. The molecule has 0 spiro atoms. The molecule has 0 aliphatic heterocycles. The lowest BCUT2D eigenvalue weighted by atomic mass is 10.2. The van der Waals surface area contributed by atoms with Gasteiger partial charge < -0.3 is 5.73 Å². The van der Waals surface area contributed by atoms with E-state index in [-0.39, 0.29) is 0 Å². The highest BCUT2D eigenvalue weighted by Gasteiger charge is 1.94. The number of rotatable bonds is 3. The summed E-state index contributed by atoms with van der Waals surface area (Å²) >= 11 is 0. The van der Waals surface area contributed by atoms with Crippen molar-refractivity contribution in [2.75, 3.05) is 6.54 Å². The zero-order chi connectivity index (χ0) is 10.5. The first kappa shape index (κ1) is 9.61. The van der Waals surface area contributed by atoms with Gasteiger partial charge in [0.05, 0.1) is 5.69 Å². The van der Waals surface area contributed by atoms with Crippen molar-refractivity contribution in [3.05, 3.63) is 48.6 Å². The van der Waals surface area contributed by atoms with Crippen LogP contribution in [0.3, 0.4) is 0 Å². The minimum Gasteiger partial charge on any atom is -0.327 e. The Morgan fingerprint density at radius 3 is 2.67 bits per heavy atom. The van der Waals surface area contributed by atoms with Crippen LogP contribution >= 0.6 is 0 Å². The Hall–Kier alpha value is -1.94. The molecule has 1 aromatic heterocycles. The maximum absolute atomic E-state index is 5.37. The molecule has 0 aliphatic rings. The standard InChI is InChI=1S/C11H12N4/c12-7-1-2-10-3-5-11(6-4-10)15-9-13-8-14-15/h1-6,8-9H,7,12H2. The van der Waals surface area contributed by atoms with Crippen LogP contribution in [-0.2, 0) is 0 Å². The summed E-state index contributed by atoms with van der Waals surface area (Å²) in [6, 6.07) is 8.02. The van der Waals surface area contributed by atoms with Crippen LogP contribution in [0.5, 0.6) is 0 Å². The maximum atomic E-state index is 5.37. The Labute approximate surface area is 88.1 Å². The van der Waals surface area contributed by atoms with Crippen molar-refractivity contribution in [2.24, 2.45) is 5.73 Å². The average Bonchev–Trinajstić information content (AvgIpc) is 2.80. The van der Waals surface area contributed by atoms with Crippen LogP contribution in [0.4, 0.5) is 0 Å². The van der Waals surface area contributed by atoms with E-state index >= 15 is 0 Å². The van der Waals surface area contributed by atoms with Crippen molar-refractivity contribution in [3.63, 3.8) is 0 Å². The zero-order valence-electron chi connectivity index (χ0n) is 8.24. The first-order valence-electron chi connectivity index (χ1n) is 4.72. The third-order valence-electron chi connectivity index (χ3n) is 2.02. The summed E-state index contributed by atoms with van der Waals surface area (Å²) in [5.74, 6) is 0. The van der Waals surface area contributed by atoms with Crippen LogP contribution in [-0.4, -0.2) is 21.3 Å². The van der Waals surface area contributed by atoms with Gasteiger partial charge in [0.2, 0.25) is 0 Å². The molecule has 2 N–H and O–H groups in total. The van der Waals surface area contributed by atoms with Gasteiger partial charge in [-0.3, -0.25) is 0 Å². The molecule has 15 heavy (non-hydrogen) atoms. The first-order valence-corrected chi connectivity index (χ1v) is 4.72. The van der Waals surface area contributed by atoms with Crippen molar-refractivity contribution >= 4 is 6.08 Å². The van der Waals surface area contributed by atoms with E-state index in [9.17, 15) is 0 Å². The molecular formula is C11H12N4. The van der Waals surface area contributed by atoms with Crippen LogP contribution in [0.1, 0.15) is 5.56 Å². The molecule has 0 saturated heterocycles. The smallest absolute Gasteiger partial charge is 0.138 e. The number of nitrogens with two attached hydrogens (primary N) is 1. The minimum absolute atomic E-state index is 0.560. The molecule has 1 heterocycles. The molecule has 0 atom stereocenters. The van der Waals surface area contributed by atoms with Gasteiger partial charge in [0, 0.05) is 6.54 Å². The quantitative estimate of drug-likeness (QED) is 0.811. The van der Waals surface area contributed by atoms with Crippen molar-refractivity contribution < 1.29 is 0 Å². The van der Waals surface area contributed by atoms with E-state index in [4.69, 9.17) is 5.73 Å². The molecule has 1 aromatic carbocycles. The van der Waals surface area contributed by atoms with Gasteiger partial charge in [-0.25, -0.2) is 9.67 Å². The third-order valence-corrected chi connectivity index (χ3v) is 2.02. The van der Waals surface area contributed by atoms with E-state index in [1.54, 1.807) is 11.0 Å². The van der Waals surface area contributed by atoms with Crippen molar-refractivity contribution in [1.29, 1.82) is 0 Å². The molecule has 0 amide bonds. The Balaban J connectivity index is 2.21. The van der Waals surface area contributed by atoms with Gasteiger partial charge in [-0.05, 0) is 17.7 Å². The summed E-state index contributed by atoms with van der Waals surface area (Å²) in [6.07, 6.45) is 7.10. The van der Waals surface area contributed by atoms with E-state index < -0.39 is 0 Å². The highest BCUT2D eigenvalue weighted by Crippen LogP contribution is 2.08. The van der Waals surface area contributed by atoms with Gasteiger partial charge >= 0.3 is 0 Å². The SMILES string of the molecule is NCC=Cc1ccc(-n2cncn2)cc1. The normalized spacial score (nSPS) is 11.0. The summed E-state index contributed by atoms with van der Waals surface area (Å²) in [6.45, 7) is 0.560. The van der Waals surface area contributed by atoms with Gasteiger partial charge in [0.15, 0.2) is 0 Å². The molecule has 4 heteroatoms. The van der Waals surface area contributed by atoms with E-state index in [0.717, 1.165) is 11.3 Å². The second kappa shape index (κ2) is 4.52. The van der Waals surface area contributed by atoms with E-state index in [1.807, 2.05) is 36.4 Å². The van der Waals surface area contributed by atoms with Gasteiger partial charge in [-0.2, -0.15) is 5.10 Å². The zero-order valence-corrected chi connectivity index (χ0v) is 8.24. The van der Waals surface area contributed by atoms with E-state index in [1.165, 1.54) is 6.33 Å². The number of nitrogens with zero attached hydrogens (tertiary/aromatic N) is 3. The summed E-state index contributed by atoms with van der Waals surface area (Å²) in [5.41, 5.74) is 7.50. The summed E-state index contributed by atoms with van der Waals surface area (Å²) in [4.78, 5) is 3.89. The summed E-state index contributed by atoms with van der Waals surface area (Å²) < 4.78 is 1.72. The topological polar surface area (TPSA) is 56.7 Å². The molecule has 0 radical (unpaired) electrons. The summed E-state index contributed by atoms with van der Waals surface area (Å²) in [7, 11) is 0. The second-order valence-corrected chi connectivity index (χ2v) is 3.07. The number of hydrogen-bond acceptors (Lipinski definition) is 3. The highest BCUT2D eigenvalue weighted by atomic mass is 15.3. The minimum atomic E-state index is 0.560. The lowest BCUT2D eigenvalue weighted by molar-refractivity contribution is 0.879. The lowest BCUT2D eigenvalue weighted by Crippen LogP contribution is -1.94. The second-order valence-electron chi connectivity index (χ2n) is 3.07. The maximum Gasteiger partial charge on any atom is 0.138 e. The molecule has 0 fully saturated rings. The highest BCUT2D eigenvalue weighted by molar-refractivity contribution is 5.51. The van der Waals surface area contributed by atoms with Crippen molar-refractivity contribution in [3.8, 4) is 5.69 Å². The Morgan fingerprint density at radius 1 is 1.27 bits per heavy atom. The van der Waals surface area contributed by atoms with E-state index in [0.29, 0.717) is 6.54 Å². The molecule has 0 saturated carbocycles. The molecule has 0 bridgehead atoms. The summed E-state index contributed by atoms with van der Waals surface area (Å²) in [5, 5.41) is 4.05. The largest absolute Gasteiger partial charge is 0.327 e. The Kier molecular flexibility index (Phi) is 2.90. The molecule has 2 aromatic rings. The van der Waals surface area contributed by atoms with Crippen LogP contribution in [0.2, 0.25) is 0 Å². The molecule has 2 rings (SSSR count). The van der Waals surface area contributed by atoms with Gasteiger partial charge in [-0.15, -0.1) is 0 Å². The number of hydrogen-bond donors (Lipinski definition) is 1. The number of aromatic nitrogens is 3. The predicted molar refractivity (Wildman–Crippen MR) is 59.4 cm³/mol. The monoisotopic (exact) mass is 200 g/mol. The molecule has 76 valence electrons. The van der Waals surface area contributed by atoms with Crippen LogP contribution in [0, 0.1) is 0 Å². The molecular weight excluding hydrogens is 188 g/mol. The first-order chi connectivity index (χ1) is 7.40. The lowest BCUT2D eigenvalue weighted by Gasteiger charge is -2.00. The van der Waals surface area contributed by atoms with Gasteiger partial charge in [-0.1, -0.05) is 24.3 Å². The fourth-order valence-electron chi connectivity index (χ4n) is 1.28. The number of benzene rings is 1. The fraction of sp³-hybridized carbons (Fsp3) is 0.0909. The van der Waals surface area contributed by atoms with E-state index in [2.05, 4.69) is 10.1 Å².